The minimum Gasteiger partial charge on any atom is -0.385 e. The van der Waals surface area contributed by atoms with Crippen LogP contribution in [0.1, 0.15) is 13.3 Å². The second kappa shape index (κ2) is 5.57. The predicted molar refractivity (Wildman–Crippen MR) is 47.5 cm³/mol. The molecule has 0 radical (unpaired) electrons. The summed E-state index contributed by atoms with van der Waals surface area (Å²) in [7, 11) is 0. The summed E-state index contributed by atoms with van der Waals surface area (Å²) >= 11 is 0. The Morgan fingerprint density at radius 2 is 1.41 bits per heavy atom. The zero-order chi connectivity index (χ0) is 13.4. The van der Waals surface area contributed by atoms with Crippen LogP contribution in [0.25, 0.3) is 0 Å². The summed E-state index contributed by atoms with van der Waals surface area (Å²) in [6.45, 7) is 1.16. The molecule has 106 valence electrons. The van der Waals surface area contributed by atoms with Gasteiger partial charge in [0.05, 0.1) is 0 Å². The molecule has 2 unspecified atom stereocenters. The molecule has 3 N–H and O–H groups in total. The van der Waals surface area contributed by atoms with E-state index in [4.69, 9.17) is 10.8 Å². The van der Waals surface area contributed by atoms with E-state index in [1.807, 2.05) is 0 Å². The van der Waals surface area contributed by atoms with E-state index < -0.39 is 30.2 Å². The molecule has 0 rings (SSSR count). The number of alkyl halides is 7. The Bertz CT molecular complexity index is 245. The van der Waals surface area contributed by atoms with Crippen LogP contribution in [0.3, 0.4) is 0 Å². The van der Waals surface area contributed by atoms with Crippen LogP contribution in [-0.2, 0) is 0 Å². The second-order valence-electron chi connectivity index (χ2n) is 3.21. The standard InChI is InChI=1S/C7H10F7NO.ClH/c1-2-3(15)4(16)5(8,9)6(10,11)7(12,13)14;/h3-4,16H,2,15H2,1H3;1H. The maximum absolute atomic E-state index is 12.7. The van der Waals surface area contributed by atoms with Crippen molar-refractivity contribution in [2.24, 2.45) is 5.73 Å². The van der Waals surface area contributed by atoms with Gasteiger partial charge in [-0.2, -0.15) is 30.7 Å². The van der Waals surface area contributed by atoms with Crippen LogP contribution in [0.4, 0.5) is 30.7 Å². The van der Waals surface area contributed by atoms with Gasteiger partial charge in [-0.15, -0.1) is 12.4 Å². The fraction of sp³-hybridized carbons (Fsp3) is 1.00. The van der Waals surface area contributed by atoms with Gasteiger partial charge in [0, 0.05) is 6.04 Å². The smallest absolute Gasteiger partial charge is 0.385 e. The lowest BCUT2D eigenvalue weighted by Crippen LogP contribution is -2.61. The fourth-order valence-corrected chi connectivity index (χ4v) is 0.867. The summed E-state index contributed by atoms with van der Waals surface area (Å²) < 4.78 is 85.2. The van der Waals surface area contributed by atoms with Crippen molar-refractivity contribution in [1.29, 1.82) is 0 Å². The Labute approximate surface area is 98.4 Å². The highest BCUT2D eigenvalue weighted by atomic mass is 35.5. The monoisotopic (exact) mass is 293 g/mol. The molecule has 0 saturated heterocycles. The van der Waals surface area contributed by atoms with Gasteiger partial charge in [0.2, 0.25) is 0 Å². The molecule has 2 nitrogen and oxygen atoms in total. The number of aliphatic hydroxyl groups is 1. The Kier molecular flexibility index (Phi) is 6.25. The van der Waals surface area contributed by atoms with Crippen LogP contribution in [0.2, 0.25) is 0 Å². The molecule has 0 heterocycles. The summed E-state index contributed by atoms with van der Waals surface area (Å²) in [5, 5.41) is 8.69. The largest absolute Gasteiger partial charge is 0.459 e. The number of hydrogen-bond donors (Lipinski definition) is 2. The molecule has 0 amide bonds. The molecule has 0 aromatic rings. The first-order chi connectivity index (χ1) is 6.89. The van der Waals surface area contributed by atoms with Crippen molar-refractivity contribution < 1.29 is 35.8 Å². The second-order valence-corrected chi connectivity index (χ2v) is 3.21. The van der Waals surface area contributed by atoms with Crippen molar-refractivity contribution >= 4 is 12.4 Å². The number of aliphatic hydroxyl groups excluding tert-OH is 1. The Morgan fingerprint density at radius 1 is 1.06 bits per heavy atom. The molecule has 0 aliphatic rings. The van der Waals surface area contributed by atoms with Crippen molar-refractivity contribution in [2.75, 3.05) is 0 Å². The lowest BCUT2D eigenvalue weighted by atomic mass is 9.97. The van der Waals surface area contributed by atoms with Crippen LogP contribution >= 0.6 is 12.4 Å². The zero-order valence-electron chi connectivity index (χ0n) is 8.44. The molecule has 0 aliphatic carbocycles. The lowest BCUT2D eigenvalue weighted by Gasteiger charge is -2.33. The summed E-state index contributed by atoms with van der Waals surface area (Å²) in [4.78, 5) is 0. The van der Waals surface area contributed by atoms with E-state index in [1.165, 1.54) is 0 Å². The van der Waals surface area contributed by atoms with Gasteiger partial charge in [-0.1, -0.05) is 6.92 Å². The van der Waals surface area contributed by atoms with Gasteiger partial charge >= 0.3 is 18.0 Å². The van der Waals surface area contributed by atoms with Crippen molar-refractivity contribution in [3.8, 4) is 0 Å². The fourth-order valence-electron chi connectivity index (χ4n) is 0.867. The van der Waals surface area contributed by atoms with Gasteiger partial charge in [-0.3, -0.25) is 0 Å². The van der Waals surface area contributed by atoms with E-state index in [2.05, 4.69) is 0 Å². The van der Waals surface area contributed by atoms with E-state index in [0.29, 0.717) is 0 Å². The van der Waals surface area contributed by atoms with Crippen molar-refractivity contribution in [3.05, 3.63) is 0 Å². The Morgan fingerprint density at radius 3 is 1.65 bits per heavy atom. The molecule has 0 aliphatic heterocycles. The maximum atomic E-state index is 12.7. The first-order valence-corrected chi connectivity index (χ1v) is 4.15. The number of nitrogens with two attached hydrogens (primary N) is 1. The normalized spacial score (nSPS) is 17.3. The Hall–Kier alpha value is -0.280. The van der Waals surface area contributed by atoms with Crippen LogP contribution in [0.15, 0.2) is 0 Å². The molecule has 10 heteroatoms. The van der Waals surface area contributed by atoms with Gasteiger partial charge < -0.3 is 10.8 Å². The van der Waals surface area contributed by atoms with Gasteiger partial charge in [0.25, 0.3) is 0 Å². The van der Waals surface area contributed by atoms with E-state index in [9.17, 15) is 30.7 Å². The maximum Gasteiger partial charge on any atom is 0.459 e. The molecule has 0 aromatic heterocycles. The molecule has 0 fully saturated rings. The minimum atomic E-state index is -6.45. The summed E-state index contributed by atoms with van der Waals surface area (Å²) in [5.41, 5.74) is 4.81. The van der Waals surface area contributed by atoms with Gasteiger partial charge in [0.15, 0.2) is 0 Å². The topological polar surface area (TPSA) is 46.2 Å². The third-order valence-electron chi connectivity index (χ3n) is 2.02. The first kappa shape index (κ1) is 19.1. The molecule has 0 aromatic carbocycles. The lowest BCUT2D eigenvalue weighted by molar-refractivity contribution is -0.372. The highest BCUT2D eigenvalue weighted by molar-refractivity contribution is 5.85. The molecule has 0 spiro atoms. The molecule has 2 atom stereocenters. The Balaban J connectivity index is 0. The van der Waals surface area contributed by atoms with Crippen molar-refractivity contribution in [3.63, 3.8) is 0 Å². The molecule has 0 saturated carbocycles. The van der Waals surface area contributed by atoms with Gasteiger partial charge in [-0.25, -0.2) is 0 Å². The van der Waals surface area contributed by atoms with E-state index in [-0.39, 0.29) is 18.8 Å². The number of rotatable bonds is 4. The van der Waals surface area contributed by atoms with Crippen molar-refractivity contribution in [2.45, 2.75) is 43.5 Å². The van der Waals surface area contributed by atoms with Gasteiger partial charge in [0.1, 0.15) is 6.10 Å². The quantitative estimate of drug-likeness (QED) is 0.782. The molecule has 17 heavy (non-hydrogen) atoms. The van der Waals surface area contributed by atoms with E-state index >= 15 is 0 Å². The highest BCUT2D eigenvalue weighted by Gasteiger charge is 2.75. The average molecular weight is 294 g/mol. The minimum absolute atomic E-state index is 0. The van der Waals surface area contributed by atoms with Crippen LogP contribution < -0.4 is 5.73 Å². The predicted octanol–water partition coefficient (Wildman–Crippen LogP) is 2.34. The summed E-state index contributed by atoms with van der Waals surface area (Å²) in [5.74, 6) is -12.0. The van der Waals surface area contributed by atoms with E-state index in [1.54, 1.807) is 0 Å². The van der Waals surface area contributed by atoms with Crippen LogP contribution in [0, 0.1) is 0 Å². The molecule has 0 bridgehead atoms. The van der Waals surface area contributed by atoms with E-state index in [0.717, 1.165) is 6.92 Å². The zero-order valence-corrected chi connectivity index (χ0v) is 9.26. The average Bonchev–Trinajstić information content (AvgIpc) is 2.13. The SMILES string of the molecule is CCC(N)C(O)C(F)(F)C(F)(F)C(F)(F)F.Cl. The van der Waals surface area contributed by atoms with Crippen LogP contribution in [-0.4, -0.2) is 35.3 Å². The third kappa shape index (κ3) is 3.35. The highest BCUT2D eigenvalue weighted by Crippen LogP contribution is 2.48. The summed E-state index contributed by atoms with van der Waals surface area (Å²) in [6.07, 6.45) is -10.1. The van der Waals surface area contributed by atoms with Crippen molar-refractivity contribution in [1.82, 2.24) is 0 Å². The number of hydrogen-bond acceptors (Lipinski definition) is 2. The molecular weight excluding hydrogens is 283 g/mol. The van der Waals surface area contributed by atoms with Crippen LogP contribution in [0.5, 0.6) is 0 Å². The van der Waals surface area contributed by atoms with Gasteiger partial charge in [-0.05, 0) is 6.42 Å². The third-order valence-corrected chi connectivity index (χ3v) is 2.02. The first-order valence-electron chi connectivity index (χ1n) is 4.15. The molecular formula is C7H11ClF7NO. The number of halogens is 8. The summed E-state index contributed by atoms with van der Waals surface area (Å²) in [6, 6.07) is -1.87.